The Morgan fingerprint density at radius 1 is 1.09 bits per heavy atom. The van der Waals surface area contributed by atoms with E-state index in [-0.39, 0.29) is 11.5 Å². The zero-order valence-electron chi connectivity index (χ0n) is 19.3. The first kappa shape index (κ1) is 24.9. The Kier molecular flexibility index (Phi) is 7.56. The Hall–Kier alpha value is -3.18. The number of thiazole rings is 1. The Bertz CT molecular complexity index is 1330. The van der Waals surface area contributed by atoms with Crippen molar-refractivity contribution >= 4 is 49.4 Å². The first-order valence-corrected chi connectivity index (χ1v) is 12.1. The number of carbonyl (C=O) groups is 1. The third kappa shape index (κ3) is 6.29. The Morgan fingerprint density at radius 3 is 2.66 bits per heavy atom. The van der Waals surface area contributed by atoms with Gasteiger partial charge in [0.1, 0.15) is 5.75 Å². The third-order valence-corrected chi connectivity index (χ3v) is 6.28. The van der Waals surface area contributed by atoms with Gasteiger partial charge in [-0.1, -0.05) is 24.7 Å². The number of Topliss-reactive ketones (excluding diaryl/α,β-unsaturated/α-hetero) is 1. The molecule has 0 spiro atoms. The van der Waals surface area contributed by atoms with Crippen LogP contribution in [0, 0.1) is 0 Å². The number of nitrogens with zero attached hydrogens (tertiary/aromatic N) is 3. The minimum absolute atomic E-state index is 0.0363. The van der Waals surface area contributed by atoms with Crippen LogP contribution in [0.3, 0.4) is 0 Å². The summed E-state index contributed by atoms with van der Waals surface area (Å²) < 4.78 is 49.3. The summed E-state index contributed by atoms with van der Waals surface area (Å²) >= 11 is 1.19. The van der Waals surface area contributed by atoms with Crippen LogP contribution in [0.25, 0.3) is 21.3 Å². The van der Waals surface area contributed by atoms with E-state index in [1.165, 1.54) is 29.5 Å². The SMILES string of the molecule is CCCCOCCCC(=O)c1ccc2c(c1)nc(Nc1nc3ccc(OC(F)(F)F)cc3s1)n2C. The van der Waals surface area contributed by atoms with Crippen LogP contribution in [-0.2, 0) is 11.8 Å². The van der Waals surface area contributed by atoms with Gasteiger partial charge in [-0.05, 0) is 43.2 Å². The van der Waals surface area contributed by atoms with E-state index in [0.29, 0.717) is 51.8 Å². The molecular formula is C24H25F3N4O3S. The van der Waals surface area contributed by atoms with Crippen molar-refractivity contribution in [2.24, 2.45) is 7.05 Å². The number of ketones is 1. The number of nitrogens with one attached hydrogen (secondary N) is 1. The van der Waals surface area contributed by atoms with Crippen molar-refractivity contribution in [3.05, 3.63) is 42.0 Å². The maximum absolute atomic E-state index is 12.6. The number of anilines is 2. The van der Waals surface area contributed by atoms with Crippen LogP contribution in [0.5, 0.6) is 5.75 Å². The van der Waals surface area contributed by atoms with Gasteiger partial charge in [-0.2, -0.15) is 0 Å². The zero-order valence-corrected chi connectivity index (χ0v) is 20.1. The van der Waals surface area contributed by atoms with Crippen LogP contribution in [0.1, 0.15) is 43.0 Å². The van der Waals surface area contributed by atoms with E-state index in [0.717, 1.165) is 25.0 Å². The molecule has 0 aliphatic heterocycles. The molecule has 0 unspecified atom stereocenters. The number of aromatic nitrogens is 3. The van der Waals surface area contributed by atoms with Crippen LogP contribution in [-0.4, -0.2) is 39.9 Å². The molecule has 0 aliphatic carbocycles. The van der Waals surface area contributed by atoms with Crippen LogP contribution in [0.4, 0.5) is 24.3 Å². The summed E-state index contributed by atoms with van der Waals surface area (Å²) in [6.45, 7) is 3.39. The van der Waals surface area contributed by atoms with Crippen molar-refractivity contribution in [1.29, 1.82) is 0 Å². The molecule has 0 fully saturated rings. The van der Waals surface area contributed by atoms with E-state index in [4.69, 9.17) is 4.74 Å². The molecule has 1 N–H and O–H groups in total. The van der Waals surface area contributed by atoms with E-state index in [1.807, 2.05) is 17.7 Å². The quantitative estimate of drug-likeness (QED) is 0.182. The van der Waals surface area contributed by atoms with Gasteiger partial charge in [-0.3, -0.25) is 4.79 Å². The van der Waals surface area contributed by atoms with E-state index >= 15 is 0 Å². The number of hydrogen-bond acceptors (Lipinski definition) is 7. The summed E-state index contributed by atoms with van der Waals surface area (Å²) in [6, 6.07) is 9.39. The molecule has 186 valence electrons. The zero-order chi connectivity index (χ0) is 25.0. The van der Waals surface area contributed by atoms with Gasteiger partial charge in [0.05, 0.1) is 21.3 Å². The second kappa shape index (κ2) is 10.6. The van der Waals surface area contributed by atoms with E-state index in [2.05, 4.69) is 26.9 Å². The molecule has 35 heavy (non-hydrogen) atoms. The molecule has 7 nitrogen and oxygen atoms in total. The number of unbranched alkanes of at least 4 members (excludes halogenated alkanes) is 1. The summed E-state index contributed by atoms with van der Waals surface area (Å²) in [6.07, 6.45) is -1.58. The highest BCUT2D eigenvalue weighted by Crippen LogP contribution is 2.33. The fraction of sp³-hybridized carbons (Fsp3) is 0.375. The van der Waals surface area contributed by atoms with Crippen LogP contribution in [0.2, 0.25) is 0 Å². The average Bonchev–Trinajstić information content (AvgIpc) is 3.34. The molecule has 2 aromatic heterocycles. The molecule has 0 saturated heterocycles. The van der Waals surface area contributed by atoms with Crippen LogP contribution < -0.4 is 10.1 Å². The number of benzene rings is 2. The van der Waals surface area contributed by atoms with Gasteiger partial charge in [-0.25, -0.2) is 9.97 Å². The predicted molar refractivity (Wildman–Crippen MR) is 130 cm³/mol. The standard InChI is InChI=1S/C24H25F3N4O3S/c1-3-4-11-33-12-5-6-20(32)15-7-10-19-18(13-15)28-22(31(19)2)30-23-29-17-9-8-16(14-21(17)35-23)34-24(25,26)27/h7-10,13-14H,3-6,11-12H2,1-2H3,(H,28,29,30). The maximum atomic E-state index is 12.6. The number of imidazole rings is 1. The minimum Gasteiger partial charge on any atom is -0.406 e. The van der Waals surface area contributed by atoms with Crippen molar-refractivity contribution in [1.82, 2.24) is 14.5 Å². The topological polar surface area (TPSA) is 78.3 Å². The predicted octanol–water partition coefficient (Wildman–Crippen LogP) is 6.60. The van der Waals surface area contributed by atoms with Gasteiger partial charge in [0.2, 0.25) is 5.95 Å². The normalized spacial score (nSPS) is 11.9. The summed E-state index contributed by atoms with van der Waals surface area (Å²) in [5.41, 5.74) is 2.61. The summed E-state index contributed by atoms with van der Waals surface area (Å²) in [4.78, 5) is 21.6. The summed E-state index contributed by atoms with van der Waals surface area (Å²) in [5.74, 6) is 0.238. The molecule has 0 saturated carbocycles. The molecule has 0 aliphatic rings. The molecule has 0 atom stereocenters. The second-order valence-electron chi connectivity index (χ2n) is 8.01. The van der Waals surface area contributed by atoms with Gasteiger partial charge in [-0.15, -0.1) is 13.2 Å². The monoisotopic (exact) mass is 506 g/mol. The van der Waals surface area contributed by atoms with Crippen molar-refractivity contribution < 1.29 is 27.4 Å². The number of alkyl halides is 3. The number of halogens is 3. The molecule has 2 heterocycles. The number of fused-ring (bicyclic) bond motifs is 2. The fourth-order valence-electron chi connectivity index (χ4n) is 3.56. The average molecular weight is 507 g/mol. The van der Waals surface area contributed by atoms with Crippen LogP contribution >= 0.6 is 11.3 Å². The number of aryl methyl sites for hydroxylation is 1. The molecular weight excluding hydrogens is 481 g/mol. The number of rotatable bonds is 11. The van der Waals surface area contributed by atoms with Crippen molar-refractivity contribution in [2.75, 3.05) is 18.5 Å². The van der Waals surface area contributed by atoms with E-state index in [1.54, 1.807) is 12.1 Å². The largest absolute Gasteiger partial charge is 0.573 e. The molecule has 2 aromatic carbocycles. The van der Waals surface area contributed by atoms with Crippen molar-refractivity contribution in [3.8, 4) is 5.75 Å². The molecule has 4 aromatic rings. The van der Waals surface area contributed by atoms with Gasteiger partial charge in [0.15, 0.2) is 10.9 Å². The first-order chi connectivity index (χ1) is 16.7. The van der Waals surface area contributed by atoms with E-state index in [9.17, 15) is 18.0 Å². The Balaban J connectivity index is 1.45. The van der Waals surface area contributed by atoms with Gasteiger partial charge >= 0.3 is 6.36 Å². The Morgan fingerprint density at radius 2 is 1.89 bits per heavy atom. The Labute approximate surface area is 203 Å². The van der Waals surface area contributed by atoms with Crippen molar-refractivity contribution in [3.63, 3.8) is 0 Å². The lowest BCUT2D eigenvalue weighted by atomic mass is 10.1. The highest BCUT2D eigenvalue weighted by atomic mass is 32.1. The van der Waals surface area contributed by atoms with Crippen molar-refractivity contribution in [2.45, 2.75) is 39.0 Å². The second-order valence-corrected chi connectivity index (χ2v) is 9.04. The lowest BCUT2D eigenvalue weighted by molar-refractivity contribution is -0.274. The minimum atomic E-state index is -4.75. The molecule has 0 amide bonds. The van der Waals surface area contributed by atoms with E-state index < -0.39 is 6.36 Å². The lowest BCUT2D eigenvalue weighted by Crippen LogP contribution is -2.16. The highest BCUT2D eigenvalue weighted by molar-refractivity contribution is 7.22. The number of carbonyl (C=O) groups excluding carboxylic acids is 1. The van der Waals surface area contributed by atoms with Gasteiger partial charge < -0.3 is 19.4 Å². The third-order valence-electron chi connectivity index (χ3n) is 5.35. The smallest absolute Gasteiger partial charge is 0.406 e. The maximum Gasteiger partial charge on any atom is 0.573 e. The van der Waals surface area contributed by atoms with Gasteiger partial charge in [0, 0.05) is 38.3 Å². The van der Waals surface area contributed by atoms with Gasteiger partial charge in [0.25, 0.3) is 0 Å². The molecule has 0 radical (unpaired) electrons. The first-order valence-electron chi connectivity index (χ1n) is 11.2. The fourth-order valence-corrected chi connectivity index (χ4v) is 4.45. The number of hydrogen-bond donors (Lipinski definition) is 1. The summed E-state index contributed by atoms with van der Waals surface area (Å²) in [7, 11) is 1.83. The van der Waals surface area contributed by atoms with Crippen LogP contribution in [0.15, 0.2) is 36.4 Å². The number of ether oxygens (including phenoxy) is 2. The summed E-state index contributed by atoms with van der Waals surface area (Å²) in [5, 5.41) is 3.59. The lowest BCUT2D eigenvalue weighted by Gasteiger charge is -2.07. The highest BCUT2D eigenvalue weighted by Gasteiger charge is 2.31. The molecule has 4 rings (SSSR count). The molecule has 11 heteroatoms. The molecule has 0 bridgehead atoms.